The Bertz CT molecular complexity index is 163. The molecule has 1 unspecified atom stereocenters. The van der Waals surface area contributed by atoms with Crippen LogP contribution in [0.15, 0.2) is 23.9 Å². The molecule has 10 heavy (non-hydrogen) atoms. The summed E-state index contributed by atoms with van der Waals surface area (Å²) in [6.07, 6.45) is 7.55. The second kappa shape index (κ2) is 3.98. The highest BCUT2D eigenvalue weighted by atomic mass is 127. The largest absolute Gasteiger partial charge is 0.329 e. The number of hydrogen-bond acceptors (Lipinski definition) is 2. The van der Waals surface area contributed by atoms with Crippen molar-refractivity contribution < 1.29 is 0 Å². The molecule has 0 saturated carbocycles. The fraction of sp³-hybridized carbons (Fsp3) is 0.429. The summed E-state index contributed by atoms with van der Waals surface area (Å²) in [6.45, 7) is 0. The van der Waals surface area contributed by atoms with Crippen LogP contribution in [-0.2, 0) is 0 Å². The van der Waals surface area contributed by atoms with E-state index in [1.165, 1.54) is 5.70 Å². The molecule has 0 radical (unpaired) electrons. The van der Waals surface area contributed by atoms with Crippen molar-refractivity contribution in [2.75, 3.05) is 7.05 Å². The lowest BCUT2D eigenvalue weighted by molar-refractivity contribution is 0.666. The van der Waals surface area contributed by atoms with Crippen molar-refractivity contribution in [3.8, 4) is 0 Å². The maximum Gasteiger partial charge on any atom is 0.0560 e. The van der Waals surface area contributed by atoms with Crippen LogP contribution >= 0.6 is 22.9 Å². The Morgan fingerprint density at radius 3 is 3.10 bits per heavy atom. The van der Waals surface area contributed by atoms with Crippen LogP contribution in [0.5, 0.6) is 0 Å². The molecule has 3 heteroatoms. The third-order valence-corrected chi connectivity index (χ3v) is 2.17. The molecule has 56 valence electrons. The monoisotopic (exact) mass is 250 g/mol. The molecule has 2 N–H and O–H groups in total. The van der Waals surface area contributed by atoms with Gasteiger partial charge >= 0.3 is 0 Å². The lowest BCUT2D eigenvalue weighted by atomic mass is 10.1. The quantitative estimate of drug-likeness (QED) is 0.571. The van der Waals surface area contributed by atoms with Gasteiger partial charge < -0.3 is 8.85 Å². The first kappa shape index (κ1) is 8.07. The third kappa shape index (κ3) is 1.98. The van der Waals surface area contributed by atoms with Gasteiger partial charge in [-0.05, 0) is 25.6 Å². The van der Waals surface area contributed by atoms with Crippen molar-refractivity contribution >= 4 is 22.9 Å². The molecule has 0 aromatic heterocycles. The first-order valence-corrected chi connectivity index (χ1v) is 4.37. The van der Waals surface area contributed by atoms with Crippen LogP contribution in [0.3, 0.4) is 0 Å². The third-order valence-electron chi connectivity index (χ3n) is 1.55. The zero-order chi connectivity index (χ0) is 7.40. The van der Waals surface area contributed by atoms with Gasteiger partial charge in [0.2, 0.25) is 0 Å². The molecular formula is C7H11IN2. The van der Waals surface area contributed by atoms with Gasteiger partial charge in [0.15, 0.2) is 0 Å². The SMILES string of the molecule is CNC1C=C(NI)C=CC1. The van der Waals surface area contributed by atoms with Crippen LogP contribution in [0, 0.1) is 0 Å². The summed E-state index contributed by atoms with van der Waals surface area (Å²) < 4.78 is 3.07. The highest BCUT2D eigenvalue weighted by Crippen LogP contribution is 2.08. The minimum absolute atomic E-state index is 0.502. The minimum Gasteiger partial charge on any atom is -0.329 e. The number of halogens is 1. The van der Waals surface area contributed by atoms with Gasteiger partial charge in [-0.3, -0.25) is 0 Å². The Morgan fingerprint density at radius 1 is 1.70 bits per heavy atom. The van der Waals surface area contributed by atoms with Gasteiger partial charge in [0.05, 0.1) is 22.9 Å². The average molecular weight is 250 g/mol. The molecule has 0 aromatic carbocycles. The molecule has 0 fully saturated rings. The molecule has 0 aromatic rings. The van der Waals surface area contributed by atoms with Gasteiger partial charge in [-0.1, -0.05) is 6.08 Å². The topological polar surface area (TPSA) is 24.1 Å². The van der Waals surface area contributed by atoms with E-state index in [0.29, 0.717) is 6.04 Å². The summed E-state index contributed by atoms with van der Waals surface area (Å²) >= 11 is 2.14. The number of hydrogen-bond donors (Lipinski definition) is 2. The Hall–Kier alpha value is -0.0300. The second-order valence-electron chi connectivity index (χ2n) is 2.25. The summed E-state index contributed by atoms with van der Waals surface area (Å²) in [7, 11) is 1.98. The molecule has 0 heterocycles. The highest BCUT2D eigenvalue weighted by molar-refractivity contribution is 14.1. The van der Waals surface area contributed by atoms with E-state index in [9.17, 15) is 0 Å². The molecule has 2 nitrogen and oxygen atoms in total. The molecule has 1 aliphatic rings. The molecule has 1 aliphatic carbocycles. The van der Waals surface area contributed by atoms with Crippen molar-refractivity contribution in [1.29, 1.82) is 0 Å². The fourth-order valence-corrected chi connectivity index (χ4v) is 1.31. The molecular weight excluding hydrogens is 239 g/mol. The van der Waals surface area contributed by atoms with Crippen LogP contribution < -0.4 is 8.85 Å². The lowest BCUT2D eigenvalue weighted by Gasteiger charge is -2.14. The van der Waals surface area contributed by atoms with Crippen LogP contribution in [0.25, 0.3) is 0 Å². The fourth-order valence-electron chi connectivity index (χ4n) is 0.946. The first-order valence-electron chi connectivity index (χ1n) is 3.29. The maximum absolute atomic E-state index is 3.20. The van der Waals surface area contributed by atoms with Crippen LogP contribution in [-0.4, -0.2) is 13.1 Å². The van der Waals surface area contributed by atoms with Gasteiger partial charge in [0.1, 0.15) is 0 Å². The predicted octanol–water partition coefficient (Wildman–Crippen LogP) is 1.36. The molecule has 0 aliphatic heterocycles. The van der Waals surface area contributed by atoms with E-state index in [2.05, 4.69) is 49.9 Å². The Balaban J connectivity index is 2.56. The summed E-state index contributed by atoms with van der Waals surface area (Å²) in [5.74, 6) is 0. The molecule has 0 saturated heterocycles. The van der Waals surface area contributed by atoms with E-state index < -0.39 is 0 Å². The molecule has 0 spiro atoms. The van der Waals surface area contributed by atoms with E-state index in [0.717, 1.165) is 6.42 Å². The van der Waals surface area contributed by atoms with Gasteiger partial charge in [0.25, 0.3) is 0 Å². The van der Waals surface area contributed by atoms with Crippen LogP contribution in [0.2, 0.25) is 0 Å². The Kier molecular flexibility index (Phi) is 3.21. The average Bonchev–Trinajstić information content (AvgIpc) is 2.05. The van der Waals surface area contributed by atoms with E-state index in [1.54, 1.807) is 0 Å². The van der Waals surface area contributed by atoms with Crippen molar-refractivity contribution in [2.24, 2.45) is 0 Å². The number of likely N-dealkylation sites (N-methyl/N-ethyl adjacent to an activating group) is 1. The van der Waals surface area contributed by atoms with Crippen molar-refractivity contribution in [3.05, 3.63) is 23.9 Å². The zero-order valence-electron chi connectivity index (χ0n) is 5.89. The summed E-state index contributed by atoms with van der Waals surface area (Å²) in [6, 6.07) is 0.502. The van der Waals surface area contributed by atoms with Crippen molar-refractivity contribution in [3.63, 3.8) is 0 Å². The van der Waals surface area contributed by atoms with E-state index in [-0.39, 0.29) is 0 Å². The molecule has 1 atom stereocenters. The van der Waals surface area contributed by atoms with Crippen LogP contribution in [0.1, 0.15) is 6.42 Å². The molecule has 1 rings (SSSR count). The summed E-state index contributed by atoms with van der Waals surface area (Å²) in [5, 5.41) is 3.20. The second-order valence-corrected chi connectivity index (χ2v) is 2.79. The van der Waals surface area contributed by atoms with Gasteiger partial charge in [-0.15, -0.1) is 0 Å². The van der Waals surface area contributed by atoms with Crippen LogP contribution in [0.4, 0.5) is 0 Å². The van der Waals surface area contributed by atoms with Gasteiger partial charge in [-0.2, -0.15) is 0 Å². The normalized spacial score (nSPS) is 24.2. The van der Waals surface area contributed by atoms with E-state index >= 15 is 0 Å². The Morgan fingerprint density at radius 2 is 2.50 bits per heavy atom. The standard InChI is InChI=1S/C7H11IN2/c1-9-6-3-2-4-7(5-6)10-8/h2,4-6,9-10H,3H2,1H3. The lowest BCUT2D eigenvalue weighted by Crippen LogP contribution is -2.24. The smallest absolute Gasteiger partial charge is 0.0560 e. The van der Waals surface area contributed by atoms with Gasteiger partial charge in [-0.25, -0.2) is 0 Å². The summed E-state index contributed by atoms with van der Waals surface area (Å²) in [4.78, 5) is 0. The first-order chi connectivity index (χ1) is 4.86. The molecule has 0 amide bonds. The highest BCUT2D eigenvalue weighted by Gasteiger charge is 2.04. The van der Waals surface area contributed by atoms with Gasteiger partial charge in [0, 0.05) is 11.7 Å². The minimum atomic E-state index is 0.502. The zero-order valence-corrected chi connectivity index (χ0v) is 8.05. The van der Waals surface area contributed by atoms with Crippen molar-refractivity contribution in [2.45, 2.75) is 12.5 Å². The van der Waals surface area contributed by atoms with Crippen molar-refractivity contribution in [1.82, 2.24) is 8.85 Å². The number of nitrogens with one attached hydrogen (secondary N) is 2. The van der Waals surface area contributed by atoms with E-state index in [4.69, 9.17) is 0 Å². The maximum atomic E-state index is 3.20. The summed E-state index contributed by atoms with van der Waals surface area (Å²) in [5.41, 5.74) is 1.19. The Labute approximate surface area is 75.3 Å². The predicted molar refractivity (Wildman–Crippen MR) is 51.8 cm³/mol. The number of allylic oxidation sites excluding steroid dienone is 1. The van der Waals surface area contributed by atoms with E-state index in [1.807, 2.05) is 7.05 Å². The molecule has 0 bridgehead atoms. The number of rotatable bonds is 2.